The maximum atomic E-state index is 6.23. The Hall–Kier alpha value is -1.35. The molecule has 2 aromatic carbocycles. The third-order valence-corrected chi connectivity index (χ3v) is 4.62. The monoisotopic (exact) mass is 314 g/mol. The fourth-order valence-corrected chi connectivity index (χ4v) is 3.37. The number of hydrogen-bond acceptors (Lipinski definition) is 2. The van der Waals surface area contributed by atoms with E-state index in [0.717, 1.165) is 37.6 Å². The van der Waals surface area contributed by atoms with E-state index in [-0.39, 0.29) is 6.04 Å². The zero-order chi connectivity index (χ0) is 15.4. The van der Waals surface area contributed by atoms with Crippen LogP contribution in [0, 0.1) is 0 Å². The van der Waals surface area contributed by atoms with Crippen LogP contribution < -0.4 is 5.32 Å². The van der Waals surface area contributed by atoms with Crippen molar-refractivity contribution in [2.24, 2.45) is 0 Å². The van der Waals surface area contributed by atoms with Crippen molar-refractivity contribution in [2.75, 3.05) is 26.2 Å². The number of nitrogens with zero attached hydrogens (tertiary/aromatic N) is 1. The van der Waals surface area contributed by atoms with E-state index in [1.54, 1.807) is 0 Å². The van der Waals surface area contributed by atoms with Crippen LogP contribution in [0.5, 0.6) is 0 Å². The molecule has 1 saturated heterocycles. The molecule has 3 rings (SSSR count). The standard InChI is InChI=1S/C19H23ClN2/c1-2-15-6-8-16(9-7-15)19(22-12-10-21-11-13-22)17-4-3-5-18(20)14-17/h3-9,14,19,21H,2,10-13H2,1H3. The van der Waals surface area contributed by atoms with Gasteiger partial charge in [-0.3, -0.25) is 4.90 Å². The van der Waals surface area contributed by atoms with E-state index in [2.05, 4.69) is 53.5 Å². The van der Waals surface area contributed by atoms with E-state index in [1.807, 2.05) is 12.1 Å². The summed E-state index contributed by atoms with van der Waals surface area (Å²) in [5, 5.41) is 4.24. The van der Waals surface area contributed by atoms with Crippen LogP contribution in [0.3, 0.4) is 0 Å². The Bertz CT molecular complexity index is 603. The van der Waals surface area contributed by atoms with E-state index in [4.69, 9.17) is 11.6 Å². The molecule has 0 saturated carbocycles. The topological polar surface area (TPSA) is 15.3 Å². The number of nitrogens with one attached hydrogen (secondary N) is 1. The van der Waals surface area contributed by atoms with Crippen LogP contribution in [0.25, 0.3) is 0 Å². The first-order valence-corrected chi connectivity index (χ1v) is 8.45. The Labute approximate surface area is 138 Å². The summed E-state index contributed by atoms with van der Waals surface area (Å²) in [6.07, 6.45) is 1.08. The maximum Gasteiger partial charge on any atom is 0.0603 e. The summed E-state index contributed by atoms with van der Waals surface area (Å²) < 4.78 is 0. The zero-order valence-corrected chi connectivity index (χ0v) is 13.8. The van der Waals surface area contributed by atoms with E-state index >= 15 is 0 Å². The molecule has 0 bridgehead atoms. The van der Waals surface area contributed by atoms with E-state index < -0.39 is 0 Å². The van der Waals surface area contributed by atoms with Crippen LogP contribution >= 0.6 is 11.6 Å². The molecule has 1 aliphatic heterocycles. The number of benzene rings is 2. The SMILES string of the molecule is CCc1ccc(C(c2cccc(Cl)c2)N2CCNCC2)cc1. The lowest BCUT2D eigenvalue weighted by Crippen LogP contribution is -2.45. The molecule has 0 aliphatic carbocycles. The Morgan fingerprint density at radius 2 is 1.77 bits per heavy atom. The molecule has 1 fully saturated rings. The van der Waals surface area contributed by atoms with Crippen molar-refractivity contribution in [2.45, 2.75) is 19.4 Å². The molecule has 0 amide bonds. The molecular weight excluding hydrogens is 292 g/mol. The first kappa shape index (κ1) is 15.5. The molecule has 0 spiro atoms. The number of aryl methyl sites for hydroxylation is 1. The van der Waals surface area contributed by atoms with Crippen molar-refractivity contribution in [1.82, 2.24) is 10.2 Å². The third-order valence-electron chi connectivity index (χ3n) is 4.38. The first-order chi connectivity index (χ1) is 10.8. The Morgan fingerprint density at radius 1 is 1.05 bits per heavy atom. The van der Waals surface area contributed by atoms with E-state index in [0.29, 0.717) is 0 Å². The minimum atomic E-state index is 0.284. The summed E-state index contributed by atoms with van der Waals surface area (Å²) in [5.74, 6) is 0. The normalized spacial score (nSPS) is 17.4. The van der Waals surface area contributed by atoms with Crippen molar-refractivity contribution in [1.29, 1.82) is 0 Å². The smallest absolute Gasteiger partial charge is 0.0603 e. The third kappa shape index (κ3) is 3.52. The highest BCUT2D eigenvalue weighted by Gasteiger charge is 2.23. The van der Waals surface area contributed by atoms with Crippen molar-refractivity contribution >= 4 is 11.6 Å². The van der Waals surface area contributed by atoms with Crippen molar-refractivity contribution < 1.29 is 0 Å². The molecular formula is C19H23ClN2. The van der Waals surface area contributed by atoms with Crippen molar-refractivity contribution in [3.63, 3.8) is 0 Å². The zero-order valence-electron chi connectivity index (χ0n) is 13.1. The minimum absolute atomic E-state index is 0.284. The van der Waals surface area contributed by atoms with Crippen LogP contribution in [0.1, 0.15) is 29.7 Å². The van der Waals surface area contributed by atoms with Gasteiger partial charge in [-0.15, -0.1) is 0 Å². The summed E-state index contributed by atoms with van der Waals surface area (Å²) in [5.41, 5.74) is 4.01. The van der Waals surface area contributed by atoms with Gasteiger partial charge in [-0.1, -0.05) is 54.9 Å². The predicted molar refractivity (Wildman–Crippen MR) is 93.6 cm³/mol. The Morgan fingerprint density at radius 3 is 2.41 bits per heavy atom. The molecule has 1 N–H and O–H groups in total. The highest BCUT2D eigenvalue weighted by atomic mass is 35.5. The van der Waals surface area contributed by atoms with Crippen molar-refractivity contribution in [3.05, 3.63) is 70.2 Å². The van der Waals surface area contributed by atoms with Gasteiger partial charge in [0.05, 0.1) is 6.04 Å². The van der Waals surface area contributed by atoms with E-state index in [9.17, 15) is 0 Å². The molecule has 2 aromatic rings. The predicted octanol–water partition coefficient (Wildman–Crippen LogP) is 3.90. The first-order valence-electron chi connectivity index (χ1n) is 8.07. The van der Waals surface area contributed by atoms with Crippen molar-refractivity contribution in [3.8, 4) is 0 Å². The quantitative estimate of drug-likeness (QED) is 0.921. The summed E-state index contributed by atoms with van der Waals surface area (Å²) in [7, 11) is 0. The van der Waals surface area contributed by atoms with Gasteiger partial charge in [-0.05, 0) is 35.2 Å². The van der Waals surface area contributed by atoms with Crippen LogP contribution in [-0.2, 0) is 6.42 Å². The highest BCUT2D eigenvalue weighted by Crippen LogP contribution is 2.30. The second-order valence-electron chi connectivity index (χ2n) is 5.84. The van der Waals surface area contributed by atoms with Gasteiger partial charge in [0.25, 0.3) is 0 Å². The average Bonchev–Trinajstić information content (AvgIpc) is 2.57. The highest BCUT2D eigenvalue weighted by molar-refractivity contribution is 6.30. The van der Waals surface area contributed by atoms with Gasteiger partial charge >= 0.3 is 0 Å². The van der Waals surface area contributed by atoms with Gasteiger partial charge in [-0.2, -0.15) is 0 Å². The summed E-state index contributed by atoms with van der Waals surface area (Å²) in [6, 6.07) is 17.6. The lowest BCUT2D eigenvalue weighted by atomic mass is 9.95. The van der Waals surface area contributed by atoms with Crippen LogP contribution in [0.2, 0.25) is 5.02 Å². The molecule has 3 heteroatoms. The van der Waals surface area contributed by atoms with Gasteiger partial charge in [-0.25, -0.2) is 0 Å². The molecule has 1 aliphatic rings. The molecule has 2 nitrogen and oxygen atoms in total. The van der Waals surface area contributed by atoms with Gasteiger partial charge < -0.3 is 5.32 Å². The molecule has 1 atom stereocenters. The number of piperazine rings is 1. The lowest BCUT2D eigenvalue weighted by Gasteiger charge is -2.35. The van der Waals surface area contributed by atoms with Gasteiger partial charge in [0, 0.05) is 31.2 Å². The Balaban J connectivity index is 1.97. The molecule has 0 radical (unpaired) electrons. The molecule has 116 valence electrons. The molecule has 0 aromatic heterocycles. The second kappa shape index (κ2) is 7.28. The van der Waals surface area contributed by atoms with Crippen LogP contribution in [0.15, 0.2) is 48.5 Å². The molecule has 22 heavy (non-hydrogen) atoms. The average molecular weight is 315 g/mol. The van der Waals surface area contributed by atoms with Gasteiger partial charge in [0.1, 0.15) is 0 Å². The largest absolute Gasteiger partial charge is 0.314 e. The minimum Gasteiger partial charge on any atom is -0.314 e. The summed E-state index contributed by atoms with van der Waals surface area (Å²) >= 11 is 6.23. The maximum absolute atomic E-state index is 6.23. The fraction of sp³-hybridized carbons (Fsp3) is 0.368. The summed E-state index contributed by atoms with van der Waals surface area (Å²) in [6.45, 7) is 6.41. The Kier molecular flexibility index (Phi) is 5.14. The van der Waals surface area contributed by atoms with E-state index in [1.165, 1.54) is 16.7 Å². The van der Waals surface area contributed by atoms with Crippen LogP contribution in [-0.4, -0.2) is 31.1 Å². The number of hydrogen-bond donors (Lipinski definition) is 1. The molecule has 1 heterocycles. The fourth-order valence-electron chi connectivity index (χ4n) is 3.17. The summed E-state index contributed by atoms with van der Waals surface area (Å²) in [4.78, 5) is 2.54. The van der Waals surface area contributed by atoms with Gasteiger partial charge in [0.15, 0.2) is 0 Å². The van der Waals surface area contributed by atoms with Gasteiger partial charge in [0.2, 0.25) is 0 Å². The second-order valence-corrected chi connectivity index (χ2v) is 6.28. The molecule has 1 unspecified atom stereocenters. The lowest BCUT2D eigenvalue weighted by molar-refractivity contribution is 0.198. The number of rotatable bonds is 4. The van der Waals surface area contributed by atoms with Crippen LogP contribution in [0.4, 0.5) is 0 Å². The number of halogens is 1.